The van der Waals surface area contributed by atoms with Gasteiger partial charge in [-0.15, -0.1) is 0 Å². The number of benzene rings is 2. The molecule has 0 saturated heterocycles. The summed E-state index contributed by atoms with van der Waals surface area (Å²) in [6, 6.07) is 14.5. The molecule has 0 bridgehead atoms. The lowest BCUT2D eigenvalue weighted by Crippen LogP contribution is -2.32. The minimum atomic E-state index is -3.43. The van der Waals surface area contributed by atoms with Gasteiger partial charge in [-0.25, -0.2) is 8.42 Å². The molecule has 2 rings (SSSR count). The zero-order chi connectivity index (χ0) is 19.2. The van der Waals surface area contributed by atoms with Crippen molar-refractivity contribution in [2.45, 2.75) is 26.3 Å². The average Bonchev–Trinajstić information content (AvgIpc) is 2.58. The number of amides is 1. The van der Waals surface area contributed by atoms with E-state index in [0.717, 1.165) is 17.4 Å². The van der Waals surface area contributed by atoms with Gasteiger partial charge in [0, 0.05) is 24.5 Å². The first-order valence-electron chi connectivity index (χ1n) is 8.32. The van der Waals surface area contributed by atoms with E-state index in [1.165, 1.54) is 4.31 Å². The molecule has 0 aliphatic heterocycles. The van der Waals surface area contributed by atoms with Crippen molar-refractivity contribution in [1.82, 2.24) is 5.32 Å². The van der Waals surface area contributed by atoms with E-state index >= 15 is 0 Å². The second kappa shape index (κ2) is 9.05. The molecule has 2 aromatic rings. The fourth-order valence-electron chi connectivity index (χ4n) is 2.57. The van der Waals surface area contributed by atoms with Gasteiger partial charge in [0.05, 0.1) is 11.9 Å². The third kappa shape index (κ3) is 6.04. The van der Waals surface area contributed by atoms with Gasteiger partial charge in [0.15, 0.2) is 0 Å². The van der Waals surface area contributed by atoms with Crippen LogP contribution in [0, 0.1) is 6.92 Å². The lowest BCUT2D eigenvalue weighted by molar-refractivity contribution is -0.121. The van der Waals surface area contributed by atoms with E-state index in [4.69, 9.17) is 11.6 Å². The minimum absolute atomic E-state index is 0.0992. The molecule has 0 radical (unpaired) electrons. The molecule has 0 fully saturated rings. The van der Waals surface area contributed by atoms with Gasteiger partial charge in [-0.05, 0) is 48.7 Å². The van der Waals surface area contributed by atoms with E-state index in [1.54, 1.807) is 24.3 Å². The number of anilines is 1. The van der Waals surface area contributed by atoms with Crippen molar-refractivity contribution in [3.05, 3.63) is 64.7 Å². The first kappa shape index (κ1) is 20.3. The zero-order valence-corrected chi connectivity index (χ0v) is 16.5. The van der Waals surface area contributed by atoms with Gasteiger partial charge >= 0.3 is 0 Å². The largest absolute Gasteiger partial charge is 0.352 e. The number of hydrogen-bond donors (Lipinski definition) is 1. The third-order valence-corrected chi connectivity index (χ3v) is 5.46. The van der Waals surface area contributed by atoms with Crippen LogP contribution < -0.4 is 9.62 Å². The fourth-order valence-corrected chi connectivity index (χ4v) is 3.66. The molecule has 26 heavy (non-hydrogen) atoms. The van der Waals surface area contributed by atoms with Gasteiger partial charge in [-0.1, -0.05) is 35.9 Å². The Labute approximate surface area is 160 Å². The molecule has 0 heterocycles. The van der Waals surface area contributed by atoms with Crippen LogP contribution in [0.15, 0.2) is 48.5 Å². The van der Waals surface area contributed by atoms with Crippen LogP contribution in [0.4, 0.5) is 5.69 Å². The second-order valence-corrected chi connectivity index (χ2v) is 8.46. The van der Waals surface area contributed by atoms with Gasteiger partial charge in [0.25, 0.3) is 0 Å². The predicted molar refractivity (Wildman–Crippen MR) is 106 cm³/mol. The molecule has 0 aliphatic rings. The Hall–Kier alpha value is -2.05. The Kier molecular flexibility index (Phi) is 7.06. The summed E-state index contributed by atoms with van der Waals surface area (Å²) in [6.45, 7) is 2.70. The van der Waals surface area contributed by atoms with Crippen LogP contribution in [0.2, 0.25) is 5.02 Å². The fraction of sp³-hybridized carbons (Fsp3) is 0.316. The van der Waals surface area contributed by atoms with Crippen molar-refractivity contribution in [3.63, 3.8) is 0 Å². The summed E-state index contributed by atoms with van der Waals surface area (Å²) in [5.74, 6) is -0.0992. The lowest BCUT2D eigenvalue weighted by Gasteiger charge is -2.22. The summed E-state index contributed by atoms with van der Waals surface area (Å²) in [6.07, 6.45) is 1.83. The number of rotatable bonds is 8. The van der Waals surface area contributed by atoms with E-state index < -0.39 is 10.0 Å². The topological polar surface area (TPSA) is 66.5 Å². The summed E-state index contributed by atoms with van der Waals surface area (Å²) in [5, 5.41) is 3.41. The van der Waals surface area contributed by atoms with E-state index in [9.17, 15) is 13.2 Å². The van der Waals surface area contributed by atoms with Crippen molar-refractivity contribution >= 4 is 33.2 Å². The van der Waals surface area contributed by atoms with Crippen LogP contribution in [0.3, 0.4) is 0 Å². The molecule has 5 nitrogen and oxygen atoms in total. The van der Waals surface area contributed by atoms with Gasteiger partial charge in [-0.2, -0.15) is 0 Å². The van der Waals surface area contributed by atoms with Crippen molar-refractivity contribution in [1.29, 1.82) is 0 Å². The predicted octanol–water partition coefficient (Wildman–Crippen LogP) is 3.51. The van der Waals surface area contributed by atoms with E-state index in [0.29, 0.717) is 23.7 Å². The number of carbonyl (C=O) groups is 1. The Morgan fingerprint density at radius 3 is 2.38 bits per heavy atom. The van der Waals surface area contributed by atoms with Crippen molar-refractivity contribution < 1.29 is 13.2 Å². The molecule has 1 N–H and O–H groups in total. The second-order valence-electron chi connectivity index (χ2n) is 6.12. The number of hydrogen-bond acceptors (Lipinski definition) is 3. The monoisotopic (exact) mass is 394 g/mol. The zero-order valence-electron chi connectivity index (χ0n) is 14.9. The summed E-state index contributed by atoms with van der Waals surface area (Å²) < 4.78 is 25.4. The first-order chi connectivity index (χ1) is 12.3. The van der Waals surface area contributed by atoms with E-state index in [-0.39, 0.29) is 18.9 Å². The molecule has 0 saturated carbocycles. The number of halogens is 1. The van der Waals surface area contributed by atoms with Crippen LogP contribution in [0.1, 0.15) is 24.0 Å². The Morgan fingerprint density at radius 2 is 1.77 bits per heavy atom. The van der Waals surface area contributed by atoms with Gasteiger partial charge in [-0.3, -0.25) is 9.10 Å². The van der Waals surface area contributed by atoms with E-state index in [2.05, 4.69) is 5.32 Å². The van der Waals surface area contributed by atoms with Crippen LogP contribution in [0.5, 0.6) is 0 Å². The average molecular weight is 395 g/mol. The van der Waals surface area contributed by atoms with E-state index in [1.807, 2.05) is 31.2 Å². The minimum Gasteiger partial charge on any atom is -0.352 e. The summed E-state index contributed by atoms with van der Waals surface area (Å²) in [4.78, 5) is 12.0. The normalized spacial score (nSPS) is 11.2. The van der Waals surface area contributed by atoms with Gasteiger partial charge in [0.2, 0.25) is 15.9 Å². The lowest BCUT2D eigenvalue weighted by atomic mass is 10.1. The highest BCUT2D eigenvalue weighted by molar-refractivity contribution is 7.92. The smallest absolute Gasteiger partial charge is 0.232 e. The van der Waals surface area contributed by atoms with Crippen LogP contribution in [0.25, 0.3) is 0 Å². The molecule has 7 heteroatoms. The third-order valence-electron chi connectivity index (χ3n) is 4.02. The number of sulfonamides is 1. The maximum absolute atomic E-state index is 12.0. The first-order valence-corrected chi connectivity index (χ1v) is 10.5. The molecule has 0 aliphatic carbocycles. The SMILES string of the molecule is Cc1ccccc1CNC(=O)CCCN(c1ccc(Cl)cc1)S(C)(=O)=O. The number of nitrogens with zero attached hydrogens (tertiary/aromatic N) is 1. The highest BCUT2D eigenvalue weighted by atomic mass is 35.5. The maximum Gasteiger partial charge on any atom is 0.232 e. The Bertz CT molecular complexity index is 851. The molecule has 2 aromatic carbocycles. The van der Waals surface area contributed by atoms with Crippen molar-refractivity contribution in [2.24, 2.45) is 0 Å². The van der Waals surface area contributed by atoms with Crippen LogP contribution in [-0.4, -0.2) is 27.1 Å². The molecule has 0 atom stereocenters. The van der Waals surface area contributed by atoms with Crippen LogP contribution in [-0.2, 0) is 21.4 Å². The highest BCUT2D eigenvalue weighted by Gasteiger charge is 2.17. The highest BCUT2D eigenvalue weighted by Crippen LogP contribution is 2.21. The van der Waals surface area contributed by atoms with Crippen molar-refractivity contribution in [2.75, 3.05) is 17.1 Å². The Balaban J connectivity index is 1.88. The molecule has 0 spiro atoms. The quantitative estimate of drug-likeness (QED) is 0.745. The molecule has 0 unspecified atom stereocenters. The van der Waals surface area contributed by atoms with Gasteiger partial charge < -0.3 is 5.32 Å². The molecule has 0 aromatic heterocycles. The molecular formula is C19H23ClN2O3S. The molecular weight excluding hydrogens is 372 g/mol. The summed E-state index contributed by atoms with van der Waals surface area (Å²) in [5.41, 5.74) is 2.73. The summed E-state index contributed by atoms with van der Waals surface area (Å²) >= 11 is 5.85. The summed E-state index contributed by atoms with van der Waals surface area (Å²) in [7, 11) is -3.43. The maximum atomic E-state index is 12.0. The molecule has 140 valence electrons. The number of nitrogens with one attached hydrogen (secondary N) is 1. The standard InChI is InChI=1S/C19H23ClN2O3S/c1-15-6-3-4-7-16(15)14-21-19(23)8-5-13-22(26(2,24)25)18-11-9-17(20)10-12-18/h3-4,6-7,9-12H,5,8,13-14H2,1-2H3,(H,21,23). The van der Waals surface area contributed by atoms with Crippen LogP contribution >= 0.6 is 11.6 Å². The molecule has 1 amide bonds. The Morgan fingerprint density at radius 1 is 1.12 bits per heavy atom. The van der Waals surface area contributed by atoms with Crippen molar-refractivity contribution in [3.8, 4) is 0 Å². The number of aryl methyl sites for hydroxylation is 1. The number of carbonyl (C=O) groups excluding carboxylic acids is 1. The van der Waals surface area contributed by atoms with Gasteiger partial charge in [0.1, 0.15) is 0 Å².